The zero-order chi connectivity index (χ0) is 22.4. The molecular weight excluding hydrogens is 461 g/mol. The number of halogens is 3. The molecule has 0 radical (unpaired) electrons. The average Bonchev–Trinajstić information content (AvgIpc) is 3.22. The largest absolute Gasteiger partial charge is 0.490 e. The number of hydrogen-bond acceptors (Lipinski definition) is 5. The first kappa shape index (κ1) is 23.6. The molecule has 1 heterocycles. The smallest absolute Gasteiger partial charge is 0.254 e. The van der Waals surface area contributed by atoms with Crippen molar-refractivity contribution in [1.82, 2.24) is 5.16 Å². The van der Waals surface area contributed by atoms with Crippen LogP contribution < -0.4 is 14.2 Å². The number of aromatic nitrogens is 1. The quantitative estimate of drug-likeness (QED) is 0.231. The predicted molar refractivity (Wildman–Crippen MR) is 123 cm³/mol. The van der Waals surface area contributed by atoms with E-state index in [-0.39, 0.29) is 12.0 Å². The standard InChI is InChI=1S/C23H24Cl3NO4/c1-23(2,16-11-19(25)22(20(26)12-16)29-10-4-9-24)15-5-7-17(8-6-15)30-14-18-13-21(28-3)27-31-18/h5-8,11-13H,4,9-10,14H2,1-3H3. The minimum Gasteiger partial charge on any atom is -0.490 e. The SMILES string of the molecule is COc1cc(COc2ccc(C(C)(C)c3cc(Cl)c(OCCCCl)c(Cl)c3)cc2)on1. The maximum Gasteiger partial charge on any atom is 0.254 e. The summed E-state index contributed by atoms with van der Waals surface area (Å²) in [4.78, 5) is 0. The van der Waals surface area contributed by atoms with Crippen molar-refractivity contribution in [3.8, 4) is 17.4 Å². The molecule has 0 unspecified atom stereocenters. The van der Waals surface area contributed by atoms with Crippen molar-refractivity contribution in [2.24, 2.45) is 0 Å². The highest BCUT2D eigenvalue weighted by Crippen LogP contribution is 2.40. The van der Waals surface area contributed by atoms with E-state index in [0.717, 1.165) is 17.5 Å². The van der Waals surface area contributed by atoms with E-state index in [9.17, 15) is 0 Å². The van der Waals surface area contributed by atoms with Crippen molar-refractivity contribution < 1.29 is 18.7 Å². The van der Waals surface area contributed by atoms with Gasteiger partial charge < -0.3 is 18.7 Å². The Bertz CT molecular complexity index is 979. The molecule has 0 aliphatic rings. The molecule has 3 aromatic rings. The van der Waals surface area contributed by atoms with Gasteiger partial charge in [0.05, 0.1) is 23.8 Å². The molecule has 5 nitrogen and oxygen atoms in total. The summed E-state index contributed by atoms with van der Waals surface area (Å²) in [6, 6.07) is 13.3. The fraction of sp³-hybridized carbons (Fsp3) is 0.348. The van der Waals surface area contributed by atoms with Gasteiger partial charge in [-0.2, -0.15) is 0 Å². The fourth-order valence-electron chi connectivity index (χ4n) is 3.03. The highest BCUT2D eigenvalue weighted by molar-refractivity contribution is 6.37. The highest BCUT2D eigenvalue weighted by Gasteiger charge is 2.25. The van der Waals surface area contributed by atoms with Crippen molar-refractivity contribution in [1.29, 1.82) is 0 Å². The second-order valence-corrected chi connectivity index (χ2v) is 8.63. The van der Waals surface area contributed by atoms with Crippen molar-refractivity contribution in [3.05, 3.63) is 69.4 Å². The van der Waals surface area contributed by atoms with Gasteiger partial charge in [0.15, 0.2) is 11.5 Å². The van der Waals surface area contributed by atoms with Gasteiger partial charge in [-0.05, 0) is 47.0 Å². The second kappa shape index (κ2) is 10.5. The van der Waals surface area contributed by atoms with E-state index >= 15 is 0 Å². The molecular formula is C23H24Cl3NO4. The van der Waals surface area contributed by atoms with Crippen LogP contribution in [0.4, 0.5) is 0 Å². The van der Waals surface area contributed by atoms with Gasteiger partial charge in [-0.25, -0.2) is 0 Å². The summed E-state index contributed by atoms with van der Waals surface area (Å²) in [6.45, 7) is 4.95. The van der Waals surface area contributed by atoms with Gasteiger partial charge in [-0.3, -0.25) is 0 Å². The minimum atomic E-state index is -0.335. The highest BCUT2D eigenvalue weighted by atomic mass is 35.5. The third-order valence-electron chi connectivity index (χ3n) is 4.95. The summed E-state index contributed by atoms with van der Waals surface area (Å²) >= 11 is 18.6. The maximum atomic E-state index is 6.46. The van der Waals surface area contributed by atoms with Gasteiger partial charge in [0, 0.05) is 17.4 Å². The van der Waals surface area contributed by atoms with Crippen LogP contribution in [-0.4, -0.2) is 24.8 Å². The van der Waals surface area contributed by atoms with E-state index in [1.807, 2.05) is 36.4 Å². The average molecular weight is 485 g/mol. The molecule has 0 bridgehead atoms. The number of ether oxygens (including phenoxy) is 3. The molecule has 8 heteroatoms. The number of rotatable bonds is 10. The van der Waals surface area contributed by atoms with Crippen LogP contribution in [0.25, 0.3) is 0 Å². The molecule has 166 valence electrons. The summed E-state index contributed by atoms with van der Waals surface area (Å²) in [5.74, 6) is 2.73. The van der Waals surface area contributed by atoms with E-state index in [4.69, 9.17) is 53.5 Å². The first-order valence-electron chi connectivity index (χ1n) is 9.76. The fourth-order valence-corrected chi connectivity index (χ4v) is 3.74. The lowest BCUT2D eigenvalue weighted by Gasteiger charge is -2.27. The molecule has 0 atom stereocenters. The first-order valence-corrected chi connectivity index (χ1v) is 11.1. The lowest BCUT2D eigenvalue weighted by molar-refractivity contribution is 0.244. The molecule has 0 spiro atoms. The molecule has 31 heavy (non-hydrogen) atoms. The second-order valence-electron chi connectivity index (χ2n) is 7.43. The van der Waals surface area contributed by atoms with Gasteiger partial charge in [0.1, 0.15) is 12.4 Å². The Hall–Kier alpha value is -2.08. The Labute approximate surface area is 197 Å². The molecule has 0 saturated heterocycles. The van der Waals surface area contributed by atoms with E-state index in [1.165, 1.54) is 7.11 Å². The van der Waals surface area contributed by atoms with Gasteiger partial charge in [-0.15, -0.1) is 11.6 Å². The van der Waals surface area contributed by atoms with E-state index in [0.29, 0.717) is 45.7 Å². The Morgan fingerprint density at radius 3 is 2.23 bits per heavy atom. The lowest BCUT2D eigenvalue weighted by atomic mass is 9.78. The van der Waals surface area contributed by atoms with Gasteiger partial charge in [-0.1, -0.05) is 49.2 Å². The lowest BCUT2D eigenvalue weighted by Crippen LogP contribution is -2.19. The Balaban J connectivity index is 1.72. The first-order chi connectivity index (χ1) is 14.8. The van der Waals surface area contributed by atoms with Crippen LogP contribution in [-0.2, 0) is 12.0 Å². The van der Waals surface area contributed by atoms with Crippen LogP contribution in [0.3, 0.4) is 0 Å². The molecule has 3 rings (SSSR count). The number of alkyl halides is 1. The summed E-state index contributed by atoms with van der Waals surface area (Å²) in [6.07, 6.45) is 0.722. The van der Waals surface area contributed by atoms with Crippen molar-refractivity contribution in [2.45, 2.75) is 32.3 Å². The zero-order valence-corrected chi connectivity index (χ0v) is 19.9. The Morgan fingerprint density at radius 1 is 0.968 bits per heavy atom. The molecule has 0 saturated carbocycles. The van der Waals surface area contributed by atoms with Crippen LogP contribution in [0.2, 0.25) is 10.0 Å². The topological polar surface area (TPSA) is 53.7 Å². The van der Waals surface area contributed by atoms with Gasteiger partial charge >= 0.3 is 0 Å². The van der Waals surface area contributed by atoms with Crippen LogP contribution in [0.15, 0.2) is 47.0 Å². The summed E-state index contributed by atoms with van der Waals surface area (Å²) in [5.41, 5.74) is 1.73. The van der Waals surface area contributed by atoms with E-state index in [1.54, 1.807) is 6.07 Å². The van der Waals surface area contributed by atoms with Crippen LogP contribution in [0.5, 0.6) is 17.4 Å². The molecule has 0 fully saturated rings. The summed E-state index contributed by atoms with van der Waals surface area (Å²) in [7, 11) is 1.53. The van der Waals surface area contributed by atoms with Crippen LogP contribution >= 0.6 is 34.8 Å². The third-order valence-corrected chi connectivity index (χ3v) is 5.78. The van der Waals surface area contributed by atoms with Crippen LogP contribution in [0.1, 0.15) is 37.2 Å². The van der Waals surface area contributed by atoms with Gasteiger partial charge in [0.25, 0.3) is 5.88 Å². The van der Waals surface area contributed by atoms with Crippen LogP contribution in [0, 0.1) is 0 Å². The number of hydrogen-bond donors (Lipinski definition) is 0. The zero-order valence-electron chi connectivity index (χ0n) is 17.6. The molecule has 1 aromatic heterocycles. The van der Waals surface area contributed by atoms with E-state index in [2.05, 4.69) is 19.0 Å². The molecule has 0 aliphatic heterocycles. The Morgan fingerprint density at radius 2 is 1.65 bits per heavy atom. The summed E-state index contributed by atoms with van der Waals surface area (Å²) < 4.78 is 21.6. The van der Waals surface area contributed by atoms with Gasteiger partial charge in [0.2, 0.25) is 0 Å². The van der Waals surface area contributed by atoms with Crippen molar-refractivity contribution in [2.75, 3.05) is 19.6 Å². The molecule has 0 amide bonds. The molecule has 0 N–H and O–H groups in total. The third kappa shape index (κ3) is 5.79. The number of methoxy groups -OCH3 is 1. The number of nitrogens with zero attached hydrogens (tertiary/aromatic N) is 1. The van der Waals surface area contributed by atoms with Crippen molar-refractivity contribution >= 4 is 34.8 Å². The monoisotopic (exact) mass is 483 g/mol. The minimum absolute atomic E-state index is 0.259. The van der Waals surface area contributed by atoms with Crippen molar-refractivity contribution in [3.63, 3.8) is 0 Å². The number of benzene rings is 2. The molecule has 2 aromatic carbocycles. The maximum absolute atomic E-state index is 6.46. The predicted octanol–water partition coefficient (Wildman–Crippen LogP) is 6.90. The molecule has 0 aliphatic carbocycles. The normalized spacial score (nSPS) is 11.4. The summed E-state index contributed by atoms with van der Waals surface area (Å²) in [5, 5.41) is 4.71. The Kier molecular flexibility index (Phi) is 7.98. The van der Waals surface area contributed by atoms with E-state index < -0.39 is 0 Å².